The minimum absolute atomic E-state index is 0.210. The molecule has 1 heterocycles. The second kappa shape index (κ2) is 5.65. The lowest BCUT2D eigenvalue weighted by Gasteiger charge is -2.39. The standard InChI is InChI=1S/C19H23NO2/c1-13-7-5-6-8-15(13)19(2)16-12-18(22-4)17(21-3)11-14(16)9-10-20-19/h5-8,11-12,20H,9-10H2,1-4H3. The molecule has 22 heavy (non-hydrogen) atoms. The van der Waals surface area contributed by atoms with E-state index >= 15 is 0 Å². The fourth-order valence-corrected chi connectivity index (χ4v) is 3.51. The van der Waals surface area contributed by atoms with Gasteiger partial charge in [-0.2, -0.15) is 0 Å². The van der Waals surface area contributed by atoms with Gasteiger partial charge in [0.15, 0.2) is 11.5 Å². The van der Waals surface area contributed by atoms with Crippen LogP contribution < -0.4 is 14.8 Å². The highest BCUT2D eigenvalue weighted by molar-refractivity contribution is 5.54. The van der Waals surface area contributed by atoms with E-state index in [-0.39, 0.29) is 5.54 Å². The zero-order valence-corrected chi connectivity index (χ0v) is 13.7. The molecule has 2 aromatic carbocycles. The summed E-state index contributed by atoms with van der Waals surface area (Å²) in [6.45, 7) is 5.36. The van der Waals surface area contributed by atoms with E-state index in [1.807, 2.05) is 0 Å². The Hall–Kier alpha value is -2.00. The molecule has 1 aliphatic heterocycles. The predicted molar refractivity (Wildman–Crippen MR) is 88.9 cm³/mol. The van der Waals surface area contributed by atoms with Gasteiger partial charge >= 0.3 is 0 Å². The smallest absolute Gasteiger partial charge is 0.161 e. The van der Waals surface area contributed by atoms with Gasteiger partial charge in [0.2, 0.25) is 0 Å². The summed E-state index contributed by atoms with van der Waals surface area (Å²) in [5, 5.41) is 3.70. The van der Waals surface area contributed by atoms with Crippen molar-refractivity contribution in [3.8, 4) is 11.5 Å². The fourth-order valence-electron chi connectivity index (χ4n) is 3.51. The topological polar surface area (TPSA) is 30.5 Å². The first-order valence-electron chi connectivity index (χ1n) is 7.66. The molecule has 2 aromatic rings. The van der Waals surface area contributed by atoms with Crippen molar-refractivity contribution in [1.29, 1.82) is 0 Å². The van der Waals surface area contributed by atoms with E-state index in [9.17, 15) is 0 Å². The Morgan fingerprint density at radius 2 is 1.68 bits per heavy atom. The van der Waals surface area contributed by atoms with Crippen LogP contribution in [0.3, 0.4) is 0 Å². The highest BCUT2D eigenvalue weighted by Crippen LogP contribution is 2.41. The Balaban J connectivity index is 2.21. The third-order valence-corrected chi connectivity index (χ3v) is 4.70. The van der Waals surface area contributed by atoms with Crippen molar-refractivity contribution in [3.63, 3.8) is 0 Å². The van der Waals surface area contributed by atoms with Crippen LogP contribution in [-0.2, 0) is 12.0 Å². The average Bonchev–Trinajstić information content (AvgIpc) is 2.54. The van der Waals surface area contributed by atoms with E-state index in [1.54, 1.807) is 14.2 Å². The molecule has 0 saturated carbocycles. The van der Waals surface area contributed by atoms with E-state index in [0.717, 1.165) is 24.5 Å². The molecule has 0 saturated heterocycles. The maximum absolute atomic E-state index is 5.51. The van der Waals surface area contributed by atoms with Gasteiger partial charge in [-0.3, -0.25) is 0 Å². The van der Waals surface area contributed by atoms with E-state index in [4.69, 9.17) is 9.47 Å². The molecule has 0 aromatic heterocycles. The van der Waals surface area contributed by atoms with E-state index in [2.05, 4.69) is 55.6 Å². The molecule has 0 aliphatic carbocycles. The Labute approximate surface area is 132 Å². The number of aryl methyl sites for hydroxylation is 1. The van der Waals surface area contributed by atoms with Crippen molar-refractivity contribution < 1.29 is 9.47 Å². The molecule has 3 rings (SSSR count). The largest absolute Gasteiger partial charge is 0.493 e. The highest BCUT2D eigenvalue weighted by Gasteiger charge is 2.35. The van der Waals surface area contributed by atoms with Crippen molar-refractivity contribution in [3.05, 3.63) is 58.7 Å². The number of rotatable bonds is 3. The van der Waals surface area contributed by atoms with Crippen LogP contribution in [0.1, 0.15) is 29.2 Å². The molecule has 0 amide bonds. The second-order valence-corrected chi connectivity index (χ2v) is 5.98. The van der Waals surface area contributed by atoms with E-state index in [1.165, 1.54) is 22.3 Å². The number of hydrogen-bond acceptors (Lipinski definition) is 3. The summed E-state index contributed by atoms with van der Waals surface area (Å²) in [6, 6.07) is 12.8. The van der Waals surface area contributed by atoms with Crippen LogP contribution in [0.4, 0.5) is 0 Å². The molecule has 0 spiro atoms. The lowest BCUT2D eigenvalue weighted by Crippen LogP contribution is -2.46. The predicted octanol–water partition coefficient (Wildman–Crippen LogP) is 3.42. The first-order chi connectivity index (χ1) is 10.6. The van der Waals surface area contributed by atoms with Crippen LogP contribution in [-0.4, -0.2) is 20.8 Å². The first-order valence-corrected chi connectivity index (χ1v) is 7.66. The minimum atomic E-state index is -0.210. The Morgan fingerprint density at radius 1 is 1.00 bits per heavy atom. The number of ether oxygens (including phenoxy) is 2. The maximum Gasteiger partial charge on any atom is 0.161 e. The fraction of sp³-hybridized carbons (Fsp3) is 0.368. The SMILES string of the molecule is COc1cc2c(cc1OC)C(C)(c1ccccc1C)NCC2. The lowest BCUT2D eigenvalue weighted by atomic mass is 9.77. The van der Waals surface area contributed by atoms with Gasteiger partial charge in [-0.15, -0.1) is 0 Å². The summed E-state index contributed by atoms with van der Waals surface area (Å²) in [5.74, 6) is 1.58. The third kappa shape index (κ3) is 2.26. The molecule has 1 unspecified atom stereocenters. The zero-order valence-electron chi connectivity index (χ0n) is 13.7. The second-order valence-electron chi connectivity index (χ2n) is 5.98. The first kappa shape index (κ1) is 14.9. The number of benzene rings is 2. The lowest BCUT2D eigenvalue weighted by molar-refractivity contribution is 0.348. The van der Waals surface area contributed by atoms with Crippen LogP contribution in [0.5, 0.6) is 11.5 Å². The molecule has 0 radical (unpaired) electrons. The Bertz CT molecular complexity index is 696. The van der Waals surface area contributed by atoms with Crippen LogP contribution in [0, 0.1) is 6.92 Å². The summed E-state index contributed by atoms with van der Waals surface area (Å²) in [6.07, 6.45) is 0.997. The molecule has 1 atom stereocenters. The van der Waals surface area contributed by atoms with Crippen molar-refractivity contribution >= 4 is 0 Å². The normalized spacial score (nSPS) is 20.4. The summed E-state index contributed by atoms with van der Waals surface area (Å²) >= 11 is 0. The van der Waals surface area contributed by atoms with Crippen molar-refractivity contribution in [2.75, 3.05) is 20.8 Å². The van der Waals surface area contributed by atoms with Crippen LogP contribution >= 0.6 is 0 Å². The van der Waals surface area contributed by atoms with E-state index in [0.29, 0.717) is 0 Å². The van der Waals surface area contributed by atoms with E-state index < -0.39 is 0 Å². The van der Waals surface area contributed by atoms with Crippen molar-refractivity contribution in [2.24, 2.45) is 0 Å². The average molecular weight is 297 g/mol. The monoisotopic (exact) mass is 297 g/mol. The van der Waals surface area contributed by atoms with Crippen molar-refractivity contribution in [2.45, 2.75) is 25.8 Å². The number of fused-ring (bicyclic) bond motifs is 1. The highest BCUT2D eigenvalue weighted by atomic mass is 16.5. The van der Waals surface area contributed by atoms with Crippen LogP contribution in [0.2, 0.25) is 0 Å². The molecule has 116 valence electrons. The quantitative estimate of drug-likeness (QED) is 0.941. The minimum Gasteiger partial charge on any atom is -0.493 e. The molecule has 3 nitrogen and oxygen atoms in total. The zero-order chi connectivity index (χ0) is 15.7. The molecule has 1 N–H and O–H groups in total. The third-order valence-electron chi connectivity index (χ3n) is 4.70. The van der Waals surface area contributed by atoms with Gasteiger partial charge in [0.25, 0.3) is 0 Å². The van der Waals surface area contributed by atoms with Gasteiger partial charge in [-0.05, 0) is 54.7 Å². The van der Waals surface area contributed by atoms with Gasteiger partial charge in [-0.25, -0.2) is 0 Å². The molecule has 1 aliphatic rings. The van der Waals surface area contributed by atoms with Gasteiger partial charge in [-0.1, -0.05) is 24.3 Å². The number of hydrogen-bond donors (Lipinski definition) is 1. The molecule has 0 bridgehead atoms. The molecular weight excluding hydrogens is 274 g/mol. The maximum atomic E-state index is 5.51. The number of nitrogens with one attached hydrogen (secondary N) is 1. The Morgan fingerprint density at radius 3 is 2.36 bits per heavy atom. The summed E-state index contributed by atoms with van der Waals surface area (Å²) in [7, 11) is 3.37. The van der Waals surface area contributed by atoms with Gasteiger partial charge in [0, 0.05) is 6.54 Å². The Kier molecular flexibility index (Phi) is 3.83. The molecule has 3 heteroatoms. The molecular formula is C19H23NO2. The van der Waals surface area contributed by atoms with Crippen LogP contribution in [0.25, 0.3) is 0 Å². The van der Waals surface area contributed by atoms with Gasteiger partial charge in [0.05, 0.1) is 19.8 Å². The van der Waals surface area contributed by atoms with Gasteiger partial charge < -0.3 is 14.8 Å². The summed E-state index contributed by atoms with van der Waals surface area (Å²) < 4.78 is 11.0. The molecule has 0 fully saturated rings. The van der Waals surface area contributed by atoms with Crippen LogP contribution in [0.15, 0.2) is 36.4 Å². The summed E-state index contributed by atoms with van der Waals surface area (Å²) in [4.78, 5) is 0. The van der Waals surface area contributed by atoms with Gasteiger partial charge in [0.1, 0.15) is 0 Å². The number of methoxy groups -OCH3 is 2. The summed E-state index contributed by atoms with van der Waals surface area (Å²) in [5.41, 5.74) is 4.98. The van der Waals surface area contributed by atoms with Crippen molar-refractivity contribution in [1.82, 2.24) is 5.32 Å².